The van der Waals surface area contributed by atoms with Crippen LogP contribution in [0.3, 0.4) is 0 Å². The summed E-state index contributed by atoms with van der Waals surface area (Å²) in [5.41, 5.74) is 3.18. The van der Waals surface area contributed by atoms with Crippen LogP contribution < -0.4 is 5.32 Å². The van der Waals surface area contributed by atoms with Crippen molar-refractivity contribution >= 4 is 27.9 Å². The molecule has 122 valence electrons. The minimum Gasteiger partial charge on any atom is -0.381 e. The van der Waals surface area contributed by atoms with Crippen molar-refractivity contribution in [3.63, 3.8) is 0 Å². The maximum Gasteiger partial charge on any atom is 0.275 e. The second-order valence-electron chi connectivity index (χ2n) is 5.59. The molecule has 1 aliphatic rings. The predicted molar refractivity (Wildman–Crippen MR) is 92.3 cm³/mol. The second-order valence-corrected chi connectivity index (χ2v) is 6.44. The van der Waals surface area contributed by atoms with Gasteiger partial charge in [-0.15, -0.1) is 11.3 Å². The van der Waals surface area contributed by atoms with Crippen molar-refractivity contribution in [1.29, 1.82) is 0 Å². The molecule has 0 unspecified atom stereocenters. The smallest absolute Gasteiger partial charge is 0.275 e. The summed E-state index contributed by atoms with van der Waals surface area (Å²) < 4.78 is 5.48. The van der Waals surface area contributed by atoms with Gasteiger partial charge >= 0.3 is 0 Å². The molecule has 1 fully saturated rings. The fraction of sp³-hybridized carbons (Fsp3) is 0.412. The maximum absolute atomic E-state index is 12.7. The molecule has 0 aliphatic carbocycles. The molecule has 6 heteroatoms. The monoisotopic (exact) mass is 331 g/mol. The average molecular weight is 331 g/mol. The van der Waals surface area contributed by atoms with Crippen LogP contribution in [-0.2, 0) is 4.74 Å². The summed E-state index contributed by atoms with van der Waals surface area (Å²) in [6.07, 6.45) is 0.997. The van der Waals surface area contributed by atoms with E-state index in [1.165, 1.54) is 11.3 Å². The molecular weight excluding hydrogens is 310 g/mol. The van der Waals surface area contributed by atoms with E-state index in [4.69, 9.17) is 4.74 Å². The number of rotatable bonds is 6. The number of hydrogen-bond donors (Lipinski definition) is 1. The topological polar surface area (TPSA) is 54.5 Å². The van der Waals surface area contributed by atoms with Crippen LogP contribution in [0, 0.1) is 5.92 Å². The highest BCUT2D eigenvalue weighted by molar-refractivity contribution is 7.14. The molecule has 1 aliphatic heterocycles. The second kappa shape index (κ2) is 7.57. The van der Waals surface area contributed by atoms with Gasteiger partial charge in [0.05, 0.1) is 12.1 Å². The Hall–Kier alpha value is -1.92. The Morgan fingerprint density at radius 3 is 3.04 bits per heavy atom. The first-order chi connectivity index (χ1) is 11.3. The lowest BCUT2D eigenvalue weighted by molar-refractivity contribution is 0.0759. The van der Waals surface area contributed by atoms with E-state index >= 15 is 0 Å². The van der Waals surface area contributed by atoms with Gasteiger partial charge in [-0.05, 0) is 25.5 Å². The third kappa shape index (κ3) is 3.89. The van der Waals surface area contributed by atoms with Crippen molar-refractivity contribution in [1.82, 2.24) is 9.88 Å². The zero-order valence-electron chi connectivity index (χ0n) is 13.2. The normalized spacial score (nSPS) is 17.4. The number of ether oxygens (including phenoxy) is 1. The molecule has 2 heterocycles. The van der Waals surface area contributed by atoms with Crippen molar-refractivity contribution in [2.24, 2.45) is 5.92 Å². The van der Waals surface area contributed by atoms with Crippen LogP contribution in [0.1, 0.15) is 23.8 Å². The summed E-state index contributed by atoms with van der Waals surface area (Å²) >= 11 is 1.45. The number of anilines is 2. The number of nitrogens with one attached hydrogen (secondary N) is 1. The van der Waals surface area contributed by atoms with E-state index < -0.39 is 0 Å². The molecule has 1 aromatic heterocycles. The van der Waals surface area contributed by atoms with Crippen LogP contribution in [0.15, 0.2) is 35.8 Å². The standard InChI is InChI=1S/C17H21N3O2S/c1-2-22-11-13-8-9-20(10-13)17(21)15-16(23-12-18-15)19-14-6-4-3-5-7-14/h3-7,12-13,19H,2,8-11H2,1H3/t13-/m0/s1. The number of aromatic nitrogens is 1. The first-order valence-electron chi connectivity index (χ1n) is 7.90. The van der Waals surface area contributed by atoms with E-state index in [2.05, 4.69) is 10.3 Å². The Morgan fingerprint density at radius 1 is 1.43 bits per heavy atom. The van der Waals surface area contributed by atoms with Crippen LogP contribution >= 0.6 is 11.3 Å². The highest BCUT2D eigenvalue weighted by atomic mass is 32.1. The Balaban J connectivity index is 1.66. The number of benzene rings is 1. The van der Waals surface area contributed by atoms with Crippen molar-refractivity contribution in [2.45, 2.75) is 13.3 Å². The van der Waals surface area contributed by atoms with Crippen LogP contribution in [0.25, 0.3) is 0 Å². The summed E-state index contributed by atoms with van der Waals surface area (Å²) in [6.45, 7) is 4.98. The fourth-order valence-electron chi connectivity index (χ4n) is 2.73. The molecule has 1 N–H and O–H groups in total. The molecule has 0 radical (unpaired) electrons. The molecule has 3 rings (SSSR count). The van der Waals surface area contributed by atoms with Crippen LogP contribution in [0.2, 0.25) is 0 Å². The minimum atomic E-state index is 0.00341. The van der Waals surface area contributed by atoms with Gasteiger partial charge in [0.1, 0.15) is 5.00 Å². The molecule has 23 heavy (non-hydrogen) atoms. The third-order valence-corrected chi connectivity index (χ3v) is 4.67. The molecule has 1 aromatic carbocycles. The number of para-hydroxylation sites is 1. The summed E-state index contributed by atoms with van der Waals surface area (Å²) in [5.74, 6) is 0.437. The molecule has 0 spiro atoms. The van der Waals surface area contributed by atoms with Gasteiger partial charge in [-0.1, -0.05) is 18.2 Å². The van der Waals surface area contributed by atoms with Crippen LogP contribution in [0.5, 0.6) is 0 Å². The SMILES string of the molecule is CCOC[C@H]1CCN(C(=O)c2ncsc2Nc2ccccc2)C1. The zero-order valence-corrected chi connectivity index (χ0v) is 14.0. The lowest BCUT2D eigenvalue weighted by atomic mass is 10.1. The number of nitrogens with zero attached hydrogens (tertiary/aromatic N) is 2. The van der Waals surface area contributed by atoms with Gasteiger partial charge in [0.2, 0.25) is 0 Å². The number of carbonyl (C=O) groups excluding carboxylic acids is 1. The van der Waals surface area contributed by atoms with Gasteiger partial charge in [0.15, 0.2) is 5.69 Å². The van der Waals surface area contributed by atoms with E-state index in [1.54, 1.807) is 5.51 Å². The van der Waals surface area contributed by atoms with Gasteiger partial charge in [-0.25, -0.2) is 4.98 Å². The molecule has 0 saturated carbocycles. The number of hydrogen-bond acceptors (Lipinski definition) is 5. The lowest BCUT2D eigenvalue weighted by Crippen LogP contribution is -2.30. The zero-order chi connectivity index (χ0) is 16.1. The van der Waals surface area contributed by atoms with Gasteiger partial charge in [0.25, 0.3) is 5.91 Å². The average Bonchev–Trinajstić information content (AvgIpc) is 3.22. The minimum absolute atomic E-state index is 0.00341. The Kier molecular flexibility index (Phi) is 5.25. The first-order valence-corrected chi connectivity index (χ1v) is 8.78. The molecule has 5 nitrogen and oxygen atoms in total. The molecule has 2 aromatic rings. The van der Waals surface area contributed by atoms with Crippen molar-refractivity contribution < 1.29 is 9.53 Å². The van der Waals surface area contributed by atoms with Gasteiger partial charge in [0, 0.05) is 31.3 Å². The van der Waals surface area contributed by atoms with Crippen LogP contribution in [-0.4, -0.2) is 42.1 Å². The molecule has 1 saturated heterocycles. The van der Waals surface area contributed by atoms with Gasteiger partial charge in [-0.2, -0.15) is 0 Å². The summed E-state index contributed by atoms with van der Waals surface area (Å²) in [4.78, 5) is 18.9. The van der Waals surface area contributed by atoms with E-state index in [0.717, 1.165) is 43.4 Å². The Labute approximate surface area is 140 Å². The van der Waals surface area contributed by atoms with Crippen molar-refractivity contribution in [3.05, 3.63) is 41.5 Å². The fourth-order valence-corrected chi connectivity index (χ4v) is 3.42. The largest absolute Gasteiger partial charge is 0.381 e. The quantitative estimate of drug-likeness (QED) is 0.881. The van der Waals surface area contributed by atoms with Crippen LogP contribution in [0.4, 0.5) is 10.7 Å². The third-order valence-electron chi connectivity index (χ3n) is 3.93. The van der Waals surface area contributed by atoms with E-state index in [-0.39, 0.29) is 5.91 Å². The molecule has 1 amide bonds. The predicted octanol–water partition coefficient (Wildman–Crippen LogP) is 3.39. The number of thiazole rings is 1. The van der Waals surface area contributed by atoms with Gasteiger partial charge in [-0.3, -0.25) is 4.79 Å². The van der Waals surface area contributed by atoms with E-state index in [9.17, 15) is 4.79 Å². The highest BCUT2D eigenvalue weighted by Crippen LogP contribution is 2.27. The summed E-state index contributed by atoms with van der Waals surface area (Å²) in [7, 11) is 0. The lowest BCUT2D eigenvalue weighted by Gasteiger charge is -2.16. The molecule has 1 atom stereocenters. The highest BCUT2D eigenvalue weighted by Gasteiger charge is 2.29. The maximum atomic E-state index is 12.7. The summed E-state index contributed by atoms with van der Waals surface area (Å²) in [5, 5.41) is 4.09. The van der Waals surface area contributed by atoms with E-state index in [0.29, 0.717) is 11.6 Å². The van der Waals surface area contributed by atoms with Crippen molar-refractivity contribution in [2.75, 3.05) is 31.6 Å². The Morgan fingerprint density at radius 2 is 2.26 bits per heavy atom. The number of carbonyl (C=O) groups is 1. The first kappa shape index (κ1) is 16.0. The summed E-state index contributed by atoms with van der Waals surface area (Å²) in [6, 6.07) is 9.84. The van der Waals surface area contributed by atoms with Crippen molar-refractivity contribution in [3.8, 4) is 0 Å². The van der Waals surface area contributed by atoms with E-state index in [1.807, 2.05) is 42.2 Å². The van der Waals surface area contributed by atoms with Gasteiger partial charge < -0.3 is 15.0 Å². The molecular formula is C17H21N3O2S. The molecule has 0 bridgehead atoms. The Bertz CT molecular complexity index is 644. The number of likely N-dealkylation sites (tertiary alicyclic amines) is 1. The number of amides is 1.